The van der Waals surface area contributed by atoms with E-state index in [0.717, 1.165) is 6.20 Å². The molecule has 94 valence electrons. The molecule has 1 aromatic heterocycles. The Balaban J connectivity index is 2.11. The van der Waals surface area contributed by atoms with Gasteiger partial charge < -0.3 is 10.1 Å². The van der Waals surface area contributed by atoms with Gasteiger partial charge in [0, 0.05) is 13.2 Å². The van der Waals surface area contributed by atoms with E-state index in [1.54, 1.807) is 0 Å². The largest absolute Gasteiger partial charge is 0.381 e. The lowest BCUT2D eigenvalue weighted by molar-refractivity contribution is -0.126. The smallest absolute Gasteiger partial charge is 0.246 e. The highest BCUT2D eigenvalue weighted by Crippen LogP contribution is 2.30. The predicted octanol–water partition coefficient (Wildman–Crippen LogP) is 1.48. The van der Waals surface area contributed by atoms with Crippen LogP contribution < -0.4 is 5.32 Å². The molecule has 1 aliphatic rings. The highest BCUT2D eigenvalue weighted by Gasteiger charge is 2.40. The Morgan fingerprint density at radius 2 is 2.22 bits per heavy atom. The molecule has 0 bridgehead atoms. The molecule has 0 aliphatic carbocycles. The second-order valence-electron chi connectivity index (χ2n) is 4.12. The molecule has 0 unspecified atom stereocenters. The van der Waals surface area contributed by atoms with Crippen molar-refractivity contribution in [3.63, 3.8) is 0 Å². The molecule has 1 aromatic rings. The van der Waals surface area contributed by atoms with Crippen molar-refractivity contribution in [3.05, 3.63) is 24.1 Å². The molecule has 2 heterocycles. The number of aromatic nitrogens is 1. The lowest BCUT2D eigenvalue weighted by Crippen LogP contribution is -2.40. The van der Waals surface area contributed by atoms with E-state index in [9.17, 15) is 14.4 Å². The summed E-state index contributed by atoms with van der Waals surface area (Å²) in [5, 5.41) is 11.7. The molecule has 0 saturated carbocycles. The van der Waals surface area contributed by atoms with Crippen LogP contribution in [0.2, 0.25) is 0 Å². The number of anilines is 1. The van der Waals surface area contributed by atoms with Crippen LogP contribution in [0.3, 0.4) is 0 Å². The fourth-order valence-corrected chi connectivity index (χ4v) is 1.80. The summed E-state index contributed by atoms with van der Waals surface area (Å²) in [4.78, 5) is 15.8. The van der Waals surface area contributed by atoms with Gasteiger partial charge in [-0.1, -0.05) is 0 Å². The molecule has 1 fully saturated rings. The van der Waals surface area contributed by atoms with Crippen LogP contribution in [-0.2, 0) is 9.53 Å². The summed E-state index contributed by atoms with van der Waals surface area (Å²) >= 11 is 0. The topological polar surface area (TPSA) is 75.0 Å². The summed E-state index contributed by atoms with van der Waals surface area (Å²) < 4.78 is 17.8. The number of rotatable bonds is 2. The third-order valence-electron chi connectivity index (χ3n) is 2.96. The highest BCUT2D eigenvalue weighted by molar-refractivity contribution is 5.96. The molecule has 0 radical (unpaired) electrons. The molecule has 0 atom stereocenters. The fourth-order valence-electron chi connectivity index (χ4n) is 1.80. The number of ether oxygens (including phenoxy) is 1. The molecule has 1 N–H and O–H groups in total. The monoisotopic (exact) mass is 249 g/mol. The molecular formula is C12H12FN3O2. The Morgan fingerprint density at radius 1 is 1.50 bits per heavy atom. The van der Waals surface area contributed by atoms with Crippen LogP contribution >= 0.6 is 0 Å². The zero-order valence-corrected chi connectivity index (χ0v) is 9.65. The summed E-state index contributed by atoms with van der Waals surface area (Å²) in [6.45, 7) is 0.773. The molecule has 18 heavy (non-hydrogen) atoms. The number of hydrogen-bond acceptors (Lipinski definition) is 4. The lowest BCUT2D eigenvalue weighted by Gasteiger charge is -2.28. The molecule has 0 aromatic carbocycles. The maximum absolute atomic E-state index is 12.7. The maximum Gasteiger partial charge on any atom is 0.246 e. The fraction of sp³-hybridized carbons (Fsp3) is 0.417. The third-order valence-corrected chi connectivity index (χ3v) is 2.96. The van der Waals surface area contributed by atoms with Crippen LogP contribution in [0, 0.1) is 22.6 Å². The Hall–Kier alpha value is -2.00. The lowest BCUT2D eigenvalue weighted by atomic mass is 9.81. The molecular weight excluding hydrogens is 237 g/mol. The van der Waals surface area contributed by atoms with Crippen molar-refractivity contribution in [2.24, 2.45) is 5.41 Å². The quantitative estimate of drug-likeness (QED) is 0.861. The van der Waals surface area contributed by atoms with Gasteiger partial charge in [0.2, 0.25) is 5.91 Å². The van der Waals surface area contributed by atoms with Crippen molar-refractivity contribution in [3.8, 4) is 6.07 Å². The SMILES string of the molecule is N#CC1(C(=O)Nc2ccc(F)cn2)CCOCC1. The van der Waals surface area contributed by atoms with Gasteiger partial charge in [0.05, 0.1) is 12.3 Å². The Bertz CT molecular complexity index is 475. The zero-order chi connectivity index (χ0) is 13.0. The van der Waals surface area contributed by atoms with Crippen molar-refractivity contribution in [1.82, 2.24) is 4.98 Å². The summed E-state index contributed by atoms with van der Waals surface area (Å²) in [6, 6.07) is 4.61. The average molecular weight is 249 g/mol. The first kappa shape index (κ1) is 12.5. The van der Waals surface area contributed by atoms with Crippen molar-refractivity contribution in [2.45, 2.75) is 12.8 Å². The normalized spacial score (nSPS) is 17.8. The number of nitrogens with zero attached hydrogens (tertiary/aromatic N) is 2. The van der Waals surface area contributed by atoms with Gasteiger partial charge in [0.1, 0.15) is 17.1 Å². The maximum atomic E-state index is 12.7. The Labute approximate surface area is 104 Å². The van der Waals surface area contributed by atoms with E-state index >= 15 is 0 Å². The van der Waals surface area contributed by atoms with E-state index in [2.05, 4.69) is 16.4 Å². The van der Waals surface area contributed by atoms with Crippen LogP contribution in [0.1, 0.15) is 12.8 Å². The van der Waals surface area contributed by atoms with Crippen LogP contribution in [0.4, 0.5) is 10.2 Å². The van der Waals surface area contributed by atoms with E-state index in [4.69, 9.17) is 4.74 Å². The standard InChI is InChI=1S/C12H12FN3O2/c13-9-1-2-10(15-7-9)16-11(17)12(8-14)3-5-18-6-4-12/h1-2,7H,3-6H2,(H,15,16,17). The van der Waals surface area contributed by atoms with Crippen molar-refractivity contribution >= 4 is 11.7 Å². The van der Waals surface area contributed by atoms with Gasteiger partial charge in [-0.15, -0.1) is 0 Å². The number of carbonyl (C=O) groups excluding carboxylic acids is 1. The number of amides is 1. The second kappa shape index (κ2) is 5.10. The van der Waals surface area contributed by atoms with Crippen LogP contribution in [0.15, 0.2) is 18.3 Å². The molecule has 1 saturated heterocycles. The van der Waals surface area contributed by atoms with Crippen LogP contribution in [0.5, 0.6) is 0 Å². The molecule has 1 amide bonds. The van der Waals surface area contributed by atoms with Gasteiger partial charge in [0.25, 0.3) is 0 Å². The van der Waals surface area contributed by atoms with Crippen molar-refractivity contribution in [2.75, 3.05) is 18.5 Å². The van der Waals surface area contributed by atoms with Crippen LogP contribution in [-0.4, -0.2) is 24.1 Å². The van der Waals surface area contributed by atoms with Gasteiger partial charge in [-0.05, 0) is 25.0 Å². The number of nitriles is 1. The number of nitrogens with one attached hydrogen (secondary N) is 1. The minimum Gasteiger partial charge on any atom is -0.381 e. The molecule has 0 spiro atoms. The van der Waals surface area contributed by atoms with E-state index in [1.165, 1.54) is 12.1 Å². The minimum absolute atomic E-state index is 0.238. The van der Waals surface area contributed by atoms with E-state index < -0.39 is 17.1 Å². The Kier molecular flexibility index (Phi) is 3.53. The van der Waals surface area contributed by atoms with E-state index in [0.29, 0.717) is 26.1 Å². The van der Waals surface area contributed by atoms with E-state index in [-0.39, 0.29) is 5.82 Å². The number of hydrogen-bond donors (Lipinski definition) is 1. The Morgan fingerprint density at radius 3 is 2.78 bits per heavy atom. The molecule has 5 nitrogen and oxygen atoms in total. The minimum atomic E-state index is -1.08. The van der Waals surface area contributed by atoms with Crippen molar-refractivity contribution < 1.29 is 13.9 Å². The third kappa shape index (κ3) is 2.46. The second-order valence-corrected chi connectivity index (χ2v) is 4.12. The number of pyridine rings is 1. The first-order valence-electron chi connectivity index (χ1n) is 5.58. The van der Waals surface area contributed by atoms with Gasteiger partial charge in [-0.2, -0.15) is 5.26 Å². The zero-order valence-electron chi connectivity index (χ0n) is 9.65. The number of carbonyl (C=O) groups is 1. The molecule has 6 heteroatoms. The summed E-state index contributed by atoms with van der Waals surface area (Å²) in [5.74, 6) is -0.649. The highest BCUT2D eigenvalue weighted by atomic mass is 19.1. The van der Waals surface area contributed by atoms with Crippen LogP contribution in [0.25, 0.3) is 0 Å². The summed E-state index contributed by atoms with van der Waals surface area (Å²) in [5.41, 5.74) is -1.08. The predicted molar refractivity (Wildman–Crippen MR) is 60.9 cm³/mol. The first-order chi connectivity index (χ1) is 8.66. The van der Waals surface area contributed by atoms with Gasteiger partial charge >= 0.3 is 0 Å². The van der Waals surface area contributed by atoms with Crippen molar-refractivity contribution in [1.29, 1.82) is 5.26 Å². The van der Waals surface area contributed by atoms with Gasteiger partial charge in [0.15, 0.2) is 0 Å². The first-order valence-corrected chi connectivity index (χ1v) is 5.58. The number of halogens is 1. The summed E-state index contributed by atoms with van der Waals surface area (Å²) in [7, 11) is 0. The average Bonchev–Trinajstić information content (AvgIpc) is 2.42. The van der Waals surface area contributed by atoms with E-state index in [1.807, 2.05) is 0 Å². The summed E-state index contributed by atoms with van der Waals surface area (Å²) in [6.07, 6.45) is 1.73. The van der Waals surface area contributed by atoms with Gasteiger partial charge in [-0.3, -0.25) is 4.79 Å². The molecule has 2 rings (SSSR count). The van der Waals surface area contributed by atoms with Gasteiger partial charge in [-0.25, -0.2) is 9.37 Å². The molecule has 1 aliphatic heterocycles.